The Hall–Kier alpha value is -2.87. The number of hydrogen-bond acceptors (Lipinski definition) is 7. The van der Waals surface area contributed by atoms with Gasteiger partial charge in [-0.1, -0.05) is 13.0 Å². The van der Waals surface area contributed by atoms with Crippen LogP contribution in [0, 0.1) is 0 Å². The maximum atomic E-state index is 12.2. The molecule has 1 saturated heterocycles. The third-order valence-electron chi connectivity index (χ3n) is 5.33. The van der Waals surface area contributed by atoms with Gasteiger partial charge in [0.2, 0.25) is 0 Å². The summed E-state index contributed by atoms with van der Waals surface area (Å²) in [5.41, 5.74) is -0.693. The van der Waals surface area contributed by atoms with Crippen LogP contribution in [0.1, 0.15) is 43.5 Å². The smallest absolute Gasteiger partial charge is 0.257 e. The number of nitrogens with one attached hydrogen (secondary N) is 2. The van der Waals surface area contributed by atoms with Gasteiger partial charge in [0.05, 0.1) is 29.5 Å². The zero-order valence-corrected chi connectivity index (χ0v) is 17.1. The topological polar surface area (TPSA) is 108 Å². The average Bonchev–Trinajstić information content (AvgIpc) is 3.13. The summed E-state index contributed by atoms with van der Waals surface area (Å²) in [6.45, 7) is 4.01. The van der Waals surface area contributed by atoms with E-state index < -0.39 is 10.9 Å². The second-order valence-corrected chi connectivity index (χ2v) is 7.66. The number of carbonyl (C=O) groups is 1. The van der Waals surface area contributed by atoms with Gasteiger partial charge in [-0.25, -0.2) is 0 Å². The van der Waals surface area contributed by atoms with Crippen molar-refractivity contribution in [1.82, 2.24) is 4.90 Å². The fraction of sp³-hybridized carbons (Fsp3) is 0.476. The molecule has 1 aliphatic heterocycles. The molecule has 3 atom stereocenters. The van der Waals surface area contributed by atoms with E-state index in [2.05, 4.69) is 10.6 Å². The Labute approximate surface area is 169 Å². The number of benzene rings is 1. The van der Waals surface area contributed by atoms with E-state index >= 15 is 0 Å². The van der Waals surface area contributed by atoms with Crippen molar-refractivity contribution < 1.29 is 14.6 Å². The second-order valence-electron chi connectivity index (χ2n) is 7.66. The molecule has 0 aromatic heterocycles. The van der Waals surface area contributed by atoms with Crippen LogP contribution in [0.5, 0.6) is 5.75 Å². The highest BCUT2D eigenvalue weighted by atomic mass is 16.5. The molecular weight excluding hydrogens is 374 g/mol. The summed E-state index contributed by atoms with van der Waals surface area (Å²) in [6, 6.07) is 4.54. The highest BCUT2D eigenvalue weighted by Gasteiger charge is 2.32. The Morgan fingerprint density at radius 3 is 2.52 bits per heavy atom. The zero-order chi connectivity index (χ0) is 21.3. The predicted molar refractivity (Wildman–Crippen MR) is 112 cm³/mol. The number of ether oxygens (including phenoxy) is 1. The lowest BCUT2D eigenvalue weighted by atomic mass is 10.0. The summed E-state index contributed by atoms with van der Waals surface area (Å²) in [5, 5.41) is 16.5. The van der Waals surface area contributed by atoms with Crippen LogP contribution in [0.4, 0.5) is 17.1 Å². The van der Waals surface area contributed by atoms with E-state index in [0.717, 1.165) is 19.3 Å². The average molecular weight is 401 g/mol. The first-order chi connectivity index (χ1) is 13.7. The lowest BCUT2D eigenvalue weighted by Gasteiger charge is -2.26. The van der Waals surface area contributed by atoms with Crippen LogP contribution in [-0.4, -0.2) is 48.3 Å². The standard InChI is InChI=1S/C21H27N3O5/c1-5-13(15-10-9-11(2)29-15)22-16-17(20(27)19(16)26)23-14-8-6-7-12(18(14)25)21(28)24(3)4/h6-8,11,13,15,22-23,25H,5,9-10H2,1-4H3/t11-,13?,15+/m0/s1. The van der Waals surface area contributed by atoms with Gasteiger partial charge in [0, 0.05) is 14.1 Å². The van der Waals surface area contributed by atoms with Gasteiger partial charge in [-0.15, -0.1) is 0 Å². The van der Waals surface area contributed by atoms with E-state index in [-0.39, 0.29) is 52.5 Å². The number of rotatable bonds is 7. The highest BCUT2D eigenvalue weighted by Crippen LogP contribution is 2.33. The van der Waals surface area contributed by atoms with Crippen LogP contribution in [0.25, 0.3) is 0 Å². The molecule has 29 heavy (non-hydrogen) atoms. The number of para-hydroxylation sites is 1. The number of amides is 1. The van der Waals surface area contributed by atoms with E-state index in [0.29, 0.717) is 0 Å². The van der Waals surface area contributed by atoms with Gasteiger partial charge in [-0.05, 0) is 38.3 Å². The van der Waals surface area contributed by atoms with Gasteiger partial charge in [0.15, 0.2) is 5.75 Å². The predicted octanol–water partition coefficient (Wildman–Crippen LogP) is 2.19. The first-order valence-electron chi connectivity index (χ1n) is 9.80. The molecule has 8 nitrogen and oxygen atoms in total. The molecule has 2 aromatic rings. The minimum absolute atomic E-state index is 0.0262. The summed E-state index contributed by atoms with van der Waals surface area (Å²) in [6.07, 6.45) is 2.73. The first kappa shape index (κ1) is 20.9. The van der Waals surface area contributed by atoms with E-state index in [4.69, 9.17) is 4.74 Å². The summed E-state index contributed by atoms with van der Waals surface area (Å²) >= 11 is 0. The molecule has 2 aromatic carbocycles. The van der Waals surface area contributed by atoms with E-state index in [1.54, 1.807) is 26.2 Å². The third kappa shape index (κ3) is 3.98. The van der Waals surface area contributed by atoms with Gasteiger partial charge in [0.1, 0.15) is 11.4 Å². The molecule has 1 heterocycles. The summed E-state index contributed by atoms with van der Waals surface area (Å²) in [7, 11) is 3.16. The Kier molecular flexibility index (Phi) is 5.93. The molecule has 0 saturated carbocycles. The zero-order valence-electron chi connectivity index (χ0n) is 17.1. The number of carbonyl (C=O) groups excluding carboxylic acids is 1. The van der Waals surface area contributed by atoms with Crippen LogP contribution in [0.2, 0.25) is 0 Å². The molecule has 8 heteroatoms. The Morgan fingerprint density at radius 2 is 1.93 bits per heavy atom. The van der Waals surface area contributed by atoms with Gasteiger partial charge in [-0.3, -0.25) is 14.4 Å². The Bertz CT molecular complexity index is 977. The fourth-order valence-corrected chi connectivity index (χ4v) is 3.61. The normalized spacial score (nSPS) is 19.9. The van der Waals surface area contributed by atoms with Crippen LogP contribution in [-0.2, 0) is 4.74 Å². The number of aromatic hydroxyl groups is 1. The second kappa shape index (κ2) is 8.24. The molecule has 1 unspecified atom stereocenters. The van der Waals surface area contributed by atoms with E-state index in [1.165, 1.54) is 11.0 Å². The molecule has 1 amide bonds. The molecule has 0 aliphatic carbocycles. The van der Waals surface area contributed by atoms with Crippen LogP contribution < -0.4 is 21.5 Å². The monoisotopic (exact) mass is 401 g/mol. The molecular formula is C21H27N3O5. The highest BCUT2D eigenvalue weighted by molar-refractivity contribution is 5.99. The van der Waals surface area contributed by atoms with Crippen molar-refractivity contribution in [2.45, 2.75) is 51.4 Å². The lowest BCUT2D eigenvalue weighted by Crippen LogP contribution is -2.42. The van der Waals surface area contributed by atoms with Gasteiger partial charge in [0.25, 0.3) is 16.8 Å². The molecule has 0 radical (unpaired) electrons. The summed E-state index contributed by atoms with van der Waals surface area (Å²) in [5.74, 6) is -0.641. The fourth-order valence-electron chi connectivity index (χ4n) is 3.61. The number of phenols is 1. The maximum Gasteiger partial charge on any atom is 0.257 e. The molecule has 0 bridgehead atoms. The van der Waals surface area contributed by atoms with Crippen LogP contribution in [0.3, 0.4) is 0 Å². The molecule has 1 aliphatic rings. The lowest BCUT2D eigenvalue weighted by molar-refractivity contribution is 0.0438. The minimum Gasteiger partial charge on any atom is -0.505 e. The van der Waals surface area contributed by atoms with Crippen molar-refractivity contribution in [3.05, 3.63) is 44.2 Å². The van der Waals surface area contributed by atoms with Crippen molar-refractivity contribution in [3.63, 3.8) is 0 Å². The van der Waals surface area contributed by atoms with Crippen LogP contribution >= 0.6 is 0 Å². The van der Waals surface area contributed by atoms with Crippen molar-refractivity contribution >= 4 is 23.0 Å². The van der Waals surface area contributed by atoms with Gasteiger partial charge in [-0.2, -0.15) is 0 Å². The van der Waals surface area contributed by atoms with Crippen LogP contribution in [0.15, 0.2) is 27.8 Å². The third-order valence-corrected chi connectivity index (χ3v) is 5.33. The molecule has 0 spiro atoms. The first-order valence-corrected chi connectivity index (χ1v) is 9.80. The summed E-state index contributed by atoms with van der Waals surface area (Å²) < 4.78 is 5.90. The van der Waals surface area contributed by atoms with Gasteiger partial charge < -0.3 is 25.4 Å². The number of hydrogen-bond donors (Lipinski definition) is 3. The molecule has 1 fully saturated rings. The quantitative estimate of drug-likeness (QED) is 0.482. The number of phenolic OH excluding ortho intramolecular Hbond substituents is 1. The molecule has 3 rings (SSSR count). The Morgan fingerprint density at radius 1 is 1.24 bits per heavy atom. The molecule has 156 valence electrons. The van der Waals surface area contributed by atoms with Crippen molar-refractivity contribution in [3.8, 4) is 5.75 Å². The largest absolute Gasteiger partial charge is 0.505 e. The SMILES string of the molecule is CCC(Nc1c(Nc2cccc(C(=O)N(C)C)c2O)c(=O)c1=O)[C@H]1CC[C@H](C)O1. The van der Waals surface area contributed by atoms with E-state index in [1.807, 2.05) is 13.8 Å². The number of nitrogens with zero attached hydrogens (tertiary/aromatic N) is 1. The Balaban J connectivity index is 1.84. The van der Waals surface area contributed by atoms with Crippen molar-refractivity contribution in [2.24, 2.45) is 0 Å². The van der Waals surface area contributed by atoms with Crippen molar-refractivity contribution in [2.75, 3.05) is 24.7 Å². The summed E-state index contributed by atoms with van der Waals surface area (Å²) in [4.78, 5) is 37.9. The maximum absolute atomic E-state index is 12.2. The van der Waals surface area contributed by atoms with Gasteiger partial charge >= 0.3 is 0 Å². The van der Waals surface area contributed by atoms with Crippen molar-refractivity contribution in [1.29, 1.82) is 0 Å². The molecule has 3 N–H and O–H groups in total. The minimum atomic E-state index is -0.660. The van der Waals surface area contributed by atoms with E-state index in [9.17, 15) is 19.5 Å². The number of anilines is 3.